The lowest BCUT2D eigenvalue weighted by Gasteiger charge is -2.12. The highest BCUT2D eigenvalue weighted by molar-refractivity contribution is 5.96. The van der Waals surface area contributed by atoms with E-state index in [-0.39, 0.29) is 0 Å². The second-order valence-corrected chi connectivity index (χ2v) is 10.5. The van der Waals surface area contributed by atoms with E-state index in [1.54, 1.807) is 12.1 Å². The number of hydrogen-bond donors (Lipinski definition) is 1. The minimum absolute atomic E-state index is 0.314. The summed E-state index contributed by atoms with van der Waals surface area (Å²) in [5.74, 6) is 0.980. The van der Waals surface area contributed by atoms with Crippen LogP contribution in [-0.2, 0) is 19.5 Å². The van der Waals surface area contributed by atoms with Gasteiger partial charge in [0.05, 0.1) is 28.6 Å². The molecule has 0 radical (unpaired) electrons. The first-order valence-corrected chi connectivity index (χ1v) is 13.4. The summed E-state index contributed by atoms with van der Waals surface area (Å²) >= 11 is 0. The number of carboxylic acid groups (broad SMARTS) is 1. The normalized spacial score (nSPS) is 13.3. The maximum Gasteiger partial charge on any atom is 0.336 e. The van der Waals surface area contributed by atoms with E-state index in [0.717, 1.165) is 75.7 Å². The SMILES string of the molecule is CCCc1nc2c(C)cc(-c3cn(CC4CC4)cn3)cc2n1Cc1ccc(-c2ccccc2C(=O)O)cc1. The molecule has 1 saturated carbocycles. The molecule has 5 aromatic rings. The van der Waals surface area contributed by atoms with Crippen LogP contribution in [0.5, 0.6) is 0 Å². The van der Waals surface area contributed by atoms with Crippen LogP contribution in [0.4, 0.5) is 0 Å². The number of carboxylic acids is 1. The minimum atomic E-state index is -0.915. The van der Waals surface area contributed by atoms with Crippen molar-refractivity contribution in [2.45, 2.75) is 52.6 Å². The summed E-state index contributed by atoms with van der Waals surface area (Å²) in [6.45, 7) is 6.07. The van der Waals surface area contributed by atoms with E-state index in [4.69, 9.17) is 9.97 Å². The third kappa shape index (κ3) is 4.74. The summed E-state index contributed by atoms with van der Waals surface area (Å²) in [6, 6.07) is 19.8. The van der Waals surface area contributed by atoms with Crippen molar-refractivity contribution < 1.29 is 9.90 Å². The predicted molar refractivity (Wildman–Crippen MR) is 150 cm³/mol. The molecule has 0 unspecified atom stereocenters. The first-order valence-electron chi connectivity index (χ1n) is 13.4. The van der Waals surface area contributed by atoms with Gasteiger partial charge in [-0.3, -0.25) is 0 Å². The molecule has 38 heavy (non-hydrogen) atoms. The van der Waals surface area contributed by atoms with Gasteiger partial charge in [-0.25, -0.2) is 14.8 Å². The Hall–Kier alpha value is -4.19. The Kier molecular flexibility index (Phi) is 6.32. The molecule has 0 atom stereocenters. The molecule has 6 rings (SSSR count). The monoisotopic (exact) mass is 504 g/mol. The summed E-state index contributed by atoms with van der Waals surface area (Å²) in [4.78, 5) is 21.5. The number of aromatic carboxylic acids is 1. The Bertz CT molecular complexity index is 1620. The Labute approximate surface area is 222 Å². The van der Waals surface area contributed by atoms with Gasteiger partial charge < -0.3 is 14.2 Å². The minimum Gasteiger partial charge on any atom is -0.478 e. The second kappa shape index (κ2) is 9.93. The molecule has 6 heteroatoms. The molecule has 0 bridgehead atoms. The van der Waals surface area contributed by atoms with E-state index >= 15 is 0 Å². The largest absolute Gasteiger partial charge is 0.478 e. The van der Waals surface area contributed by atoms with E-state index < -0.39 is 5.97 Å². The van der Waals surface area contributed by atoms with Gasteiger partial charge >= 0.3 is 5.97 Å². The lowest BCUT2D eigenvalue weighted by Crippen LogP contribution is -2.05. The van der Waals surface area contributed by atoms with Gasteiger partial charge in [0.2, 0.25) is 0 Å². The standard InChI is InChI=1S/C32H32N4O2/c1-3-6-30-34-31-21(2)15-25(28-19-35(20-33-28)17-22-9-10-22)16-29(31)36(30)18-23-11-13-24(14-12-23)26-7-4-5-8-27(26)32(37)38/h4-5,7-8,11-16,19-20,22H,3,6,9-10,17-18H2,1-2H3,(H,37,38). The van der Waals surface area contributed by atoms with Crippen molar-refractivity contribution in [3.05, 3.63) is 95.7 Å². The smallest absolute Gasteiger partial charge is 0.336 e. The highest BCUT2D eigenvalue weighted by atomic mass is 16.4. The predicted octanol–water partition coefficient (Wildman–Crippen LogP) is 6.98. The van der Waals surface area contributed by atoms with Gasteiger partial charge in [0.15, 0.2) is 0 Å². The molecule has 1 aliphatic rings. The van der Waals surface area contributed by atoms with Crippen LogP contribution >= 0.6 is 0 Å². The zero-order valence-corrected chi connectivity index (χ0v) is 21.9. The number of carbonyl (C=O) groups is 1. The zero-order chi connectivity index (χ0) is 26.2. The number of benzene rings is 3. The van der Waals surface area contributed by atoms with Gasteiger partial charge in [0, 0.05) is 31.3 Å². The summed E-state index contributed by atoms with van der Waals surface area (Å²) in [5.41, 5.74) is 8.54. The van der Waals surface area contributed by atoms with Crippen LogP contribution in [0.3, 0.4) is 0 Å². The highest BCUT2D eigenvalue weighted by Crippen LogP contribution is 2.32. The van der Waals surface area contributed by atoms with Crippen LogP contribution in [0.2, 0.25) is 0 Å². The van der Waals surface area contributed by atoms with E-state index in [1.807, 2.05) is 30.6 Å². The average Bonchev–Trinajstić information content (AvgIpc) is 3.50. The number of imidazole rings is 2. The van der Waals surface area contributed by atoms with Crippen molar-refractivity contribution in [3.63, 3.8) is 0 Å². The molecule has 1 N–H and O–H groups in total. The summed E-state index contributed by atoms with van der Waals surface area (Å²) in [5, 5.41) is 9.59. The van der Waals surface area contributed by atoms with Crippen molar-refractivity contribution in [3.8, 4) is 22.4 Å². The number of fused-ring (bicyclic) bond motifs is 1. The second-order valence-electron chi connectivity index (χ2n) is 10.5. The van der Waals surface area contributed by atoms with Gasteiger partial charge in [-0.2, -0.15) is 0 Å². The third-order valence-electron chi connectivity index (χ3n) is 7.46. The van der Waals surface area contributed by atoms with Crippen molar-refractivity contribution in [1.29, 1.82) is 0 Å². The Morgan fingerprint density at radius 1 is 1.05 bits per heavy atom. The quantitative estimate of drug-likeness (QED) is 0.235. The molecule has 0 saturated heterocycles. The van der Waals surface area contributed by atoms with Crippen LogP contribution in [0, 0.1) is 12.8 Å². The Morgan fingerprint density at radius 2 is 1.84 bits per heavy atom. The summed E-state index contributed by atoms with van der Waals surface area (Å²) in [6.07, 6.45) is 8.70. The third-order valence-corrected chi connectivity index (χ3v) is 7.46. The Morgan fingerprint density at radius 3 is 2.58 bits per heavy atom. The van der Waals surface area contributed by atoms with Gasteiger partial charge in [-0.05, 0) is 72.6 Å². The van der Waals surface area contributed by atoms with E-state index in [0.29, 0.717) is 12.1 Å². The topological polar surface area (TPSA) is 72.9 Å². The zero-order valence-electron chi connectivity index (χ0n) is 21.9. The van der Waals surface area contributed by atoms with Crippen LogP contribution in [-0.4, -0.2) is 30.2 Å². The van der Waals surface area contributed by atoms with E-state index in [2.05, 4.69) is 53.4 Å². The van der Waals surface area contributed by atoms with E-state index in [1.165, 1.54) is 12.8 Å². The van der Waals surface area contributed by atoms with Crippen LogP contribution < -0.4 is 0 Å². The maximum absolute atomic E-state index is 11.7. The fourth-order valence-corrected chi connectivity index (χ4v) is 5.28. The van der Waals surface area contributed by atoms with Gasteiger partial charge in [0.1, 0.15) is 5.82 Å². The van der Waals surface area contributed by atoms with Crippen molar-refractivity contribution >= 4 is 17.0 Å². The van der Waals surface area contributed by atoms with Crippen LogP contribution in [0.1, 0.15) is 53.5 Å². The molecule has 2 heterocycles. The first-order chi connectivity index (χ1) is 18.5. The summed E-state index contributed by atoms with van der Waals surface area (Å²) < 4.78 is 4.55. The van der Waals surface area contributed by atoms with Crippen molar-refractivity contribution in [1.82, 2.24) is 19.1 Å². The first kappa shape index (κ1) is 24.2. The molecule has 6 nitrogen and oxygen atoms in total. The van der Waals surface area contributed by atoms with Crippen molar-refractivity contribution in [2.24, 2.45) is 5.92 Å². The highest BCUT2D eigenvalue weighted by Gasteiger charge is 2.22. The molecule has 1 aliphatic carbocycles. The molecule has 3 aromatic carbocycles. The fraction of sp³-hybridized carbons (Fsp3) is 0.281. The molecule has 0 spiro atoms. The molecule has 2 aromatic heterocycles. The molecule has 1 fully saturated rings. The lowest BCUT2D eigenvalue weighted by molar-refractivity contribution is 0.0697. The van der Waals surface area contributed by atoms with E-state index in [9.17, 15) is 9.90 Å². The summed E-state index contributed by atoms with van der Waals surface area (Å²) in [7, 11) is 0. The Balaban J connectivity index is 1.35. The number of aromatic nitrogens is 4. The number of hydrogen-bond acceptors (Lipinski definition) is 3. The maximum atomic E-state index is 11.7. The number of nitrogens with zero attached hydrogens (tertiary/aromatic N) is 4. The molecular weight excluding hydrogens is 472 g/mol. The van der Waals surface area contributed by atoms with Crippen LogP contribution in [0.25, 0.3) is 33.4 Å². The molecule has 0 amide bonds. The lowest BCUT2D eigenvalue weighted by atomic mass is 9.98. The molecule has 192 valence electrons. The van der Waals surface area contributed by atoms with Gasteiger partial charge in [-0.1, -0.05) is 49.4 Å². The van der Waals surface area contributed by atoms with Gasteiger partial charge in [0.25, 0.3) is 0 Å². The fourth-order valence-electron chi connectivity index (χ4n) is 5.28. The molecule has 0 aliphatic heterocycles. The van der Waals surface area contributed by atoms with Crippen molar-refractivity contribution in [2.75, 3.05) is 0 Å². The average molecular weight is 505 g/mol. The number of aryl methyl sites for hydroxylation is 2. The van der Waals surface area contributed by atoms with Crippen LogP contribution in [0.15, 0.2) is 73.2 Å². The number of rotatable bonds is 9. The molecular formula is C32H32N4O2. The van der Waals surface area contributed by atoms with Gasteiger partial charge in [-0.15, -0.1) is 0 Å².